The van der Waals surface area contributed by atoms with Crippen LogP contribution < -0.4 is 0 Å². The molecule has 3 nitrogen and oxygen atoms in total. The van der Waals surface area contributed by atoms with E-state index < -0.39 is 0 Å². The topological polar surface area (TPSA) is 21.1 Å². The van der Waals surface area contributed by atoms with Crippen molar-refractivity contribution in [2.24, 2.45) is 0 Å². The minimum atomic E-state index is -0.199. The molecule has 118 valence electrons. The van der Waals surface area contributed by atoms with Gasteiger partial charge in [0.05, 0.1) is 5.69 Å². The molecule has 1 aliphatic rings. The molecule has 0 spiro atoms. The first-order valence-electron chi connectivity index (χ1n) is 8.25. The van der Waals surface area contributed by atoms with E-state index >= 15 is 0 Å². The van der Waals surface area contributed by atoms with Crippen LogP contribution in [0.2, 0.25) is 0 Å². The van der Waals surface area contributed by atoms with Gasteiger partial charge in [0.2, 0.25) is 0 Å². The van der Waals surface area contributed by atoms with Crippen molar-refractivity contribution in [3.05, 3.63) is 42.0 Å². The standard InChI is InChI=1S/C18H24FN3/c1-15-18(16-6-8-17(19)9-7-16)14-22(20-15)13-5-12-21-10-3-2-4-11-21/h6-9,14H,2-5,10-13H2,1H3. The van der Waals surface area contributed by atoms with Gasteiger partial charge in [0.15, 0.2) is 0 Å². The first-order chi connectivity index (χ1) is 10.7. The Morgan fingerprint density at radius 2 is 1.77 bits per heavy atom. The molecule has 2 heterocycles. The van der Waals surface area contributed by atoms with E-state index in [1.807, 2.05) is 23.7 Å². The summed E-state index contributed by atoms with van der Waals surface area (Å²) >= 11 is 0. The number of aromatic nitrogens is 2. The van der Waals surface area contributed by atoms with Gasteiger partial charge in [-0.15, -0.1) is 0 Å². The van der Waals surface area contributed by atoms with E-state index in [0.29, 0.717) is 0 Å². The molecule has 0 bridgehead atoms. The number of hydrogen-bond donors (Lipinski definition) is 0. The lowest BCUT2D eigenvalue weighted by molar-refractivity contribution is 0.222. The van der Waals surface area contributed by atoms with Crippen LogP contribution in [0.15, 0.2) is 30.5 Å². The monoisotopic (exact) mass is 301 g/mol. The van der Waals surface area contributed by atoms with Crippen molar-refractivity contribution in [1.29, 1.82) is 0 Å². The maximum absolute atomic E-state index is 13.0. The average molecular weight is 301 g/mol. The van der Waals surface area contributed by atoms with Crippen molar-refractivity contribution >= 4 is 0 Å². The molecular weight excluding hydrogens is 277 g/mol. The lowest BCUT2D eigenvalue weighted by Crippen LogP contribution is -2.31. The van der Waals surface area contributed by atoms with Crippen LogP contribution >= 0.6 is 0 Å². The summed E-state index contributed by atoms with van der Waals surface area (Å²) in [7, 11) is 0. The Morgan fingerprint density at radius 1 is 1.05 bits per heavy atom. The zero-order valence-electron chi connectivity index (χ0n) is 13.3. The number of aryl methyl sites for hydroxylation is 2. The van der Waals surface area contributed by atoms with Crippen LogP contribution in [-0.4, -0.2) is 34.3 Å². The summed E-state index contributed by atoms with van der Waals surface area (Å²) in [5, 5.41) is 4.60. The predicted molar refractivity (Wildman–Crippen MR) is 87.3 cm³/mol. The first kappa shape index (κ1) is 15.2. The zero-order chi connectivity index (χ0) is 15.4. The van der Waals surface area contributed by atoms with Crippen molar-refractivity contribution in [2.45, 2.75) is 39.2 Å². The fourth-order valence-corrected chi connectivity index (χ4v) is 3.18. The Labute approximate surface area is 131 Å². The molecule has 3 rings (SSSR count). The van der Waals surface area contributed by atoms with E-state index in [9.17, 15) is 4.39 Å². The molecule has 2 aromatic rings. The Balaban J connectivity index is 1.58. The van der Waals surface area contributed by atoms with E-state index in [0.717, 1.165) is 36.3 Å². The summed E-state index contributed by atoms with van der Waals surface area (Å²) < 4.78 is 15.1. The fraction of sp³-hybridized carbons (Fsp3) is 0.500. The van der Waals surface area contributed by atoms with E-state index in [2.05, 4.69) is 16.2 Å². The lowest BCUT2D eigenvalue weighted by atomic mass is 10.1. The minimum Gasteiger partial charge on any atom is -0.303 e. The van der Waals surface area contributed by atoms with Crippen molar-refractivity contribution < 1.29 is 4.39 Å². The molecule has 0 aliphatic carbocycles. The molecule has 1 fully saturated rings. The summed E-state index contributed by atoms with van der Waals surface area (Å²) in [6.07, 6.45) is 7.28. The number of halogens is 1. The second-order valence-corrected chi connectivity index (χ2v) is 6.15. The first-order valence-corrected chi connectivity index (χ1v) is 8.25. The number of rotatable bonds is 5. The third kappa shape index (κ3) is 3.74. The highest BCUT2D eigenvalue weighted by molar-refractivity contribution is 5.64. The smallest absolute Gasteiger partial charge is 0.123 e. The number of benzene rings is 1. The highest BCUT2D eigenvalue weighted by atomic mass is 19.1. The van der Waals surface area contributed by atoms with Crippen LogP contribution in [-0.2, 0) is 6.54 Å². The van der Waals surface area contributed by atoms with Gasteiger partial charge < -0.3 is 4.90 Å². The van der Waals surface area contributed by atoms with Gasteiger partial charge in [-0.05, 0) is 63.5 Å². The second kappa shape index (κ2) is 7.05. The van der Waals surface area contributed by atoms with Gasteiger partial charge in [-0.25, -0.2) is 4.39 Å². The largest absolute Gasteiger partial charge is 0.303 e. The van der Waals surface area contributed by atoms with Gasteiger partial charge in [-0.1, -0.05) is 18.6 Å². The molecule has 22 heavy (non-hydrogen) atoms. The van der Waals surface area contributed by atoms with Crippen LogP contribution in [0.1, 0.15) is 31.4 Å². The summed E-state index contributed by atoms with van der Waals surface area (Å²) in [5.74, 6) is -0.199. The molecule has 0 saturated carbocycles. The van der Waals surface area contributed by atoms with E-state index in [-0.39, 0.29) is 5.82 Å². The molecule has 0 unspecified atom stereocenters. The highest BCUT2D eigenvalue weighted by Crippen LogP contribution is 2.22. The Kier molecular flexibility index (Phi) is 4.88. The van der Waals surface area contributed by atoms with Crippen molar-refractivity contribution in [3.63, 3.8) is 0 Å². The molecular formula is C18H24FN3. The molecule has 1 aromatic heterocycles. The van der Waals surface area contributed by atoms with Crippen molar-refractivity contribution in [1.82, 2.24) is 14.7 Å². The molecule has 0 amide bonds. The summed E-state index contributed by atoms with van der Waals surface area (Å²) in [6, 6.07) is 6.64. The summed E-state index contributed by atoms with van der Waals surface area (Å²) in [4.78, 5) is 2.56. The van der Waals surface area contributed by atoms with Crippen LogP contribution in [0.3, 0.4) is 0 Å². The molecule has 0 radical (unpaired) electrons. The Hall–Kier alpha value is -1.68. The average Bonchev–Trinajstić information content (AvgIpc) is 2.90. The zero-order valence-corrected chi connectivity index (χ0v) is 13.3. The molecule has 1 saturated heterocycles. The maximum Gasteiger partial charge on any atom is 0.123 e. The number of piperidine rings is 1. The molecule has 0 N–H and O–H groups in total. The SMILES string of the molecule is Cc1nn(CCCN2CCCCC2)cc1-c1ccc(F)cc1. The molecule has 1 aliphatic heterocycles. The maximum atomic E-state index is 13.0. The van der Waals surface area contributed by atoms with Gasteiger partial charge in [0, 0.05) is 18.3 Å². The van der Waals surface area contributed by atoms with Gasteiger partial charge >= 0.3 is 0 Å². The van der Waals surface area contributed by atoms with Gasteiger partial charge in [-0.3, -0.25) is 4.68 Å². The minimum absolute atomic E-state index is 0.199. The van der Waals surface area contributed by atoms with Crippen LogP contribution in [0.5, 0.6) is 0 Å². The number of nitrogens with zero attached hydrogens (tertiary/aromatic N) is 3. The third-order valence-electron chi connectivity index (χ3n) is 4.41. The van der Waals surface area contributed by atoms with Gasteiger partial charge in [0.1, 0.15) is 5.82 Å². The Bertz CT molecular complexity index is 597. The third-order valence-corrected chi connectivity index (χ3v) is 4.41. The molecule has 1 aromatic carbocycles. The Morgan fingerprint density at radius 3 is 2.50 bits per heavy atom. The van der Waals surface area contributed by atoms with Crippen molar-refractivity contribution in [2.75, 3.05) is 19.6 Å². The fourth-order valence-electron chi connectivity index (χ4n) is 3.18. The van der Waals surface area contributed by atoms with E-state index in [4.69, 9.17) is 0 Å². The summed E-state index contributed by atoms with van der Waals surface area (Å²) in [5.41, 5.74) is 3.13. The number of likely N-dealkylation sites (tertiary alicyclic amines) is 1. The summed E-state index contributed by atoms with van der Waals surface area (Å²) in [6.45, 7) is 6.61. The highest BCUT2D eigenvalue weighted by Gasteiger charge is 2.10. The van der Waals surface area contributed by atoms with Crippen LogP contribution in [0.25, 0.3) is 11.1 Å². The van der Waals surface area contributed by atoms with E-state index in [1.165, 1.54) is 44.5 Å². The van der Waals surface area contributed by atoms with Crippen LogP contribution in [0, 0.1) is 12.7 Å². The quantitative estimate of drug-likeness (QED) is 0.836. The molecule has 0 atom stereocenters. The normalized spacial score (nSPS) is 16.1. The molecule has 4 heteroatoms. The van der Waals surface area contributed by atoms with E-state index in [1.54, 1.807) is 0 Å². The van der Waals surface area contributed by atoms with Crippen LogP contribution in [0.4, 0.5) is 4.39 Å². The van der Waals surface area contributed by atoms with Gasteiger partial charge in [0.25, 0.3) is 0 Å². The predicted octanol–water partition coefficient (Wildman–Crippen LogP) is 3.87. The van der Waals surface area contributed by atoms with Gasteiger partial charge in [-0.2, -0.15) is 5.10 Å². The second-order valence-electron chi connectivity index (χ2n) is 6.15. The number of hydrogen-bond acceptors (Lipinski definition) is 2. The lowest BCUT2D eigenvalue weighted by Gasteiger charge is -2.26. The van der Waals surface area contributed by atoms with Crippen molar-refractivity contribution in [3.8, 4) is 11.1 Å².